The molecule has 0 saturated carbocycles. The molecule has 1 fully saturated rings. The molecule has 0 aliphatic carbocycles. The summed E-state index contributed by atoms with van der Waals surface area (Å²) in [5.41, 5.74) is 1.47. The van der Waals surface area contributed by atoms with E-state index in [1.165, 1.54) is 4.90 Å². The second-order valence-corrected chi connectivity index (χ2v) is 6.86. The third kappa shape index (κ3) is 3.42. The lowest BCUT2D eigenvalue weighted by molar-refractivity contribution is -0.117. The van der Waals surface area contributed by atoms with Gasteiger partial charge in [0.25, 0.3) is 5.24 Å². The first-order chi connectivity index (χ1) is 11.6. The molecule has 0 radical (unpaired) electrons. The summed E-state index contributed by atoms with van der Waals surface area (Å²) in [6.07, 6.45) is 0.454. The predicted octanol–water partition coefficient (Wildman–Crippen LogP) is 4.55. The largest absolute Gasteiger partial charge is 0.494 e. The normalized spacial score (nSPS) is 17.4. The summed E-state index contributed by atoms with van der Waals surface area (Å²) in [6, 6.07) is 14.3. The van der Waals surface area contributed by atoms with Gasteiger partial charge in [0.2, 0.25) is 5.91 Å². The quantitative estimate of drug-likeness (QED) is 0.783. The number of imide groups is 1. The van der Waals surface area contributed by atoms with Crippen molar-refractivity contribution in [3.05, 3.63) is 59.1 Å². The minimum absolute atomic E-state index is 0.210. The van der Waals surface area contributed by atoms with Crippen LogP contribution in [-0.2, 0) is 11.2 Å². The van der Waals surface area contributed by atoms with E-state index >= 15 is 0 Å². The number of benzene rings is 2. The van der Waals surface area contributed by atoms with Crippen molar-refractivity contribution >= 4 is 40.2 Å². The predicted molar refractivity (Wildman–Crippen MR) is 97.0 cm³/mol. The van der Waals surface area contributed by atoms with Gasteiger partial charge < -0.3 is 4.74 Å². The topological polar surface area (TPSA) is 46.6 Å². The van der Waals surface area contributed by atoms with Crippen LogP contribution in [0.3, 0.4) is 0 Å². The van der Waals surface area contributed by atoms with Crippen molar-refractivity contribution in [2.75, 3.05) is 11.5 Å². The zero-order valence-electron chi connectivity index (χ0n) is 13.1. The van der Waals surface area contributed by atoms with Crippen LogP contribution >= 0.6 is 23.4 Å². The molecule has 6 heteroatoms. The number of thioether (sulfide) groups is 1. The molecule has 3 rings (SSSR count). The van der Waals surface area contributed by atoms with E-state index in [4.69, 9.17) is 16.3 Å². The van der Waals surface area contributed by atoms with Gasteiger partial charge in [-0.25, -0.2) is 4.90 Å². The number of halogens is 1. The molecule has 0 aromatic heterocycles. The van der Waals surface area contributed by atoms with Gasteiger partial charge >= 0.3 is 0 Å². The summed E-state index contributed by atoms with van der Waals surface area (Å²) in [5.74, 6) is 0.546. The molecule has 124 valence electrons. The minimum atomic E-state index is -0.449. The molecular weight excluding hydrogens is 346 g/mol. The van der Waals surface area contributed by atoms with Crippen molar-refractivity contribution in [1.29, 1.82) is 0 Å². The SMILES string of the molecule is CCOc1ccccc1C[C@@H]1SC(=O)N(c2ccc(Cl)cc2)C1=O. The van der Waals surface area contributed by atoms with Crippen LogP contribution in [0, 0.1) is 0 Å². The Morgan fingerprint density at radius 3 is 2.54 bits per heavy atom. The first-order valence-electron chi connectivity index (χ1n) is 7.61. The van der Waals surface area contributed by atoms with E-state index in [2.05, 4.69) is 0 Å². The third-order valence-electron chi connectivity index (χ3n) is 3.68. The van der Waals surface area contributed by atoms with Gasteiger partial charge in [0.1, 0.15) is 5.75 Å². The average Bonchev–Trinajstić information content (AvgIpc) is 2.85. The molecule has 2 aromatic carbocycles. The molecule has 24 heavy (non-hydrogen) atoms. The Hall–Kier alpha value is -1.98. The molecule has 0 spiro atoms. The van der Waals surface area contributed by atoms with Crippen molar-refractivity contribution in [3.8, 4) is 5.75 Å². The third-order valence-corrected chi connectivity index (χ3v) is 4.97. The Labute approximate surface area is 149 Å². The number of amides is 2. The van der Waals surface area contributed by atoms with Crippen LogP contribution in [0.2, 0.25) is 5.02 Å². The molecule has 1 heterocycles. The van der Waals surface area contributed by atoms with Crippen molar-refractivity contribution < 1.29 is 14.3 Å². The maximum Gasteiger partial charge on any atom is 0.293 e. The fourth-order valence-electron chi connectivity index (χ4n) is 2.58. The monoisotopic (exact) mass is 361 g/mol. The van der Waals surface area contributed by atoms with Crippen LogP contribution in [0.1, 0.15) is 12.5 Å². The molecule has 0 bridgehead atoms. The molecule has 0 N–H and O–H groups in total. The summed E-state index contributed by atoms with van der Waals surface area (Å²) in [6.45, 7) is 2.47. The molecule has 1 atom stereocenters. The van der Waals surface area contributed by atoms with Gasteiger partial charge in [0.15, 0.2) is 0 Å². The molecule has 4 nitrogen and oxygen atoms in total. The Bertz CT molecular complexity index is 763. The number of hydrogen-bond donors (Lipinski definition) is 0. The Kier molecular flexibility index (Phi) is 5.11. The number of carbonyl (C=O) groups excluding carboxylic acids is 2. The lowest BCUT2D eigenvalue weighted by Gasteiger charge is -2.15. The summed E-state index contributed by atoms with van der Waals surface area (Å²) in [4.78, 5) is 26.2. The Morgan fingerprint density at radius 1 is 1.12 bits per heavy atom. The zero-order valence-corrected chi connectivity index (χ0v) is 14.6. The summed E-state index contributed by atoms with van der Waals surface area (Å²) in [7, 11) is 0. The van der Waals surface area contributed by atoms with Crippen LogP contribution in [0.25, 0.3) is 0 Å². The molecule has 2 aromatic rings. The molecule has 1 aliphatic rings. The maximum absolute atomic E-state index is 12.7. The molecular formula is C18H16ClNO3S. The van der Waals surface area contributed by atoms with Crippen LogP contribution in [0.4, 0.5) is 10.5 Å². The van der Waals surface area contributed by atoms with Crippen molar-refractivity contribution in [2.45, 2.75) is 18.6 Å². The lowest BCUT2D eigenvalue weighted by Crippen LogP contribution is -2.32. The Balaban J connectivity index is 1.81. The average molecular weight is 362 g/mol. The summed E-state index contributed by atoms with van der Waals surface area (Å²) in [5, 5.41) is -0.149. The van der Waals surface area contributed by atoms with Gasteiger partial charge in [-0.05, 0) is 49.2 Å². The molecule has 2 amide bonds. The zero-order chi connectivity index (χ0) is 17.1. The van der Waals surface area contributed by atoms with Gasteiger partial charge in [-0.3, -0.25) is 9.59 Å². The summed E-state index contributed by atoms with van der Waals surface area (Å²) < 4.78 is 5.60. The van der Waals surface area contributed by atoms with Crippen molar-refractivity contribution in [1.82, 2.24) is 0 Å². The van der Waals surface area contributed by atoms with Crippen LogP contribution in [-0.4, -0.2) is 23.0 Å². The van der Waals surface area contributed by atoms with Gasteiger partial charge in [0, 0.05) is 5.02 Å². The van der Waals surface area contributed by atoms with E-state index < -0.39 is 5.25 Å². The number of carbonyl (C=O) groups is 2. The van der Waals surface area contributed by atoms with Crippen molar-refractivity contribution in [3.63, 3.8) is 0 Å². The van der Waals surface area contributed by atoms with Gasteiger partial charge in [-0.2, -0.15) is 0 Å². The first-order valence-corrected chi connectivity index (χ1v) is 8.86. The van der Waals surface area contributed by atoms with E-state index in [0.717, 1.165) is 23.1 Å². The number of nitrogens with zero attached hydrogens (tertiary/aromatic N) is 1. The standard InChI is InChI=1S/C18H16ClNO3S/c1-2-23-15-6-4-3-5-12(15)11-16-17(21)20(18(22)24-16)14-9-7-13(19)8-10-14/h3-10,16H,2,11H2,1H3/t16-/m0/s1. The van der Waals surface area contributed by atoms with Crippen molar-refractivity contribution in [2.24, 2.45) is 0 Å². The maximum atomic E-state index is 12.7. The lowest BCUT2D eigenvalue weighted by atomic mass is 10.1. The number of ether oxygens (including phenoxy) is 1. The van der Waals surface area contributed by atoms with Gasteiger partial charge in [-0.1, -0.05) is 41.6 Å². The fraction of sp³-hybridized carbons (Fsp3) is 0.222. The highest BCUT2D eigenvalue weighted by atomic mass is 35.5. The van der Waals surface area contributed by atoms with E-state index in [-0.39, 0.29) is 11.1 Å². The van der Waals surface area contributed by atoms with E-state index in [1.54, 1.807) is 24.3 Å². The highest BCUT2D eigenvalue weighted by molar-refractivity contribution is 8.15. The molecule has 0 unspecified atom stereocenters. The van der Waals surface area contributed by atoms with Gasteiger partial charge in [0.05, 0.1) is 17.5 Å². The molecule has 1 saturated heterocycles. The number of rotatable bonds is 5. The van der Waals surface area contributed by atoms with Gasteiger partial charge in [-0.15, -0.1) is 0 Å². The Morgan fingerprint density at radius 2 is 1.83 bits per heavy atom. The fourth-order valence-corrected chi connectivity index (χ4v) is 3.72. The van der Waals surface area contributed by atoms with Crippen LogP contribution < -0.4 is 9.64 Å². The number of anilines is 1. The van der Waals surface area contributed by atoms with E-state index in [1.807, 2.05) is 31.2 Å². The van der Waals surface area contributed by atoms with Crippen LogP contribution in [0.5, 0.6) is 5.75 Å². The second kappa shape index (κ2) is 7.28. The number of hydrogen-bond acceptors (Lipinski definition) is 4. The highest BCUT2D eigenvalue weighted by Gasteiger charge is 2.40. The highest BCUT2D eigenvalue weighted by Crippen LogP contribution is 2.35. The van der Waals surface area contributed by atoms with E-state index in [9.17, 15) is 9.59 Å². The van der Waals surface area contributed by atoms with E-state index in [0.29, 0.717) is 23.7 Å². The van der Waals surface area contributed by atoms with Crippen LogP contribution in [0.15, 0.2) is 48.5 Å². The number of para-hydroxylation sites is 1. The molecule has 1 aliphatic heterocycles. The summed E-state index contributed by atoms with van der Waals surface area (Å²) >= 11 is 6.92. The second-order valence-electron chi connectivity index (χ2n) is 5.27. The minimum Gasteiger partial charge on any atom is -0.494 e. The first kappa shape index (κ1) is 16.9. The smallest absolute Gasteiger partial charge is 0.293 e.